The fourth-order valence-corrected chi connectivity index (χ4v) is 1.36. The van der Waals surface area contributed by atoms with Gasteiger partial charge in [-0.3, -0.25) is 10.1 Å². The summed E-state index contributed by atoms with van der Waals surface area (Å²) in [7, 11) is 1.72. The van der Waals surface area contributed by atoms with E-state index in [1.165, 1.54) is 12.1 Å². The molecule has 0 saturated carbocycles. The molecule has 0 amide bonds. The van der Waals surface area contributed by atoms with Crippen molar-refractivity contribution in [2.45, 2.75) is 19.4 Å². The molecule has 1 atom stereocenters. The third-order valence-corrected chi connectivity index (χ3v) is 2.56. The number of rotatable bonds is 5. The van der Waals surface area contributed by atoms with Crippen LogP contribution in [0.5, 0.6) is 0 Å². The third kappa shape index (κ3) is 3.05. The number of nitrogen functional groups attached to an aromatic ring is 1. The van der Waals surface area contributed by atoms with Crippen molar-refractivity contribution in [1.29, 1.82) is 5.26 Å². The summed E-state index contributed by atoms with van der Waals surface area (Å²) in [5, 5.41) is 19.4. The van der Waals surface area contributed by atoms with Crippen molar-refractivity contribution in [2.75, 3.05) is 17.4 Å². The van der Waals surface area contributed by atoms with Gasteiger partial charge in [-0.2, -0.15) is 5.26 Å². The van der Waals surface area contributed by atoms with Crippen LogP contribution in [0.3, 0.4) is 0 Å². The summed E-state index contributed by atoms with van der Waals surface area (Å²) in [6.45, 7) is 1.83. The summed E-state index contributed by atoms with van der Waals surface area (Å²) in [4.78, 5) is 16.1. The average molecular weight is 250 g/mol. The van der Waals surface area contributed by atoms with Gasteiger partial charge in [-0.25, -0.2) is 10.8 Å². The molecular formula is C10H14N6O2. The van der Waals surface area contributed by atoms with Crippen LogP contribution in [0, 0.1) is 21.4 Å². The Kier molecular flexibility index (Phi) is 4.39. The van der Waals surface area contributed by atoms with Crippen molar-refractivity contribution in [3.8, 4) is 6.07 Å². The van der Waals surface area contributed by atoms with Gasteiger partial charge in [0.15, 0.2) is 0 Å². The fraction of sp³-hybridized carbons (Fsp3) is 0.400. The van der Waals surface area contributed by atoms with E-state index in [1.54, 1.807) is 11.9 Å². The van der Waals surface area contributed by atoms with E-state index in [1.807, 2.05) is 13.0 Å². The van der Waals surface area contributed by atoms with Crippen molar-refractivity contribution >= 4 is 17.3 Å². The summed E-state index contributed by atoms with van der Waals surface area (Å²) < 4.78 is 0. The molecule has 0 aromatic carbocycles. The Balaban J connectivity index is 3.11. The molecule has 8 heteroatoms. The third-order valence-electron chi connectivity index (χ3n) is 2.56. The first kappa shape index (κ1) is 13.7. The zero-order valence-electron chi connectivity index (χ0n) is 10.1. The van der Waals surface area contributed by atoms with Gasteiger partial charge in [0.2, 0.25) is 0 Å². The summed E-state index contributed by atoms with van der Waals surface area (Å²) in [5.74, 6) is 5.81. The van der Waals surface area contributed by atoms with Crippen LogP contribution in [-0.4, -0.2) is 23.0 Å². The number of aromatic nitrogens is 1. The van der Waals surface area contributed by atoms with Gasteiger partial charge in [-0.1, -0.05) is 0 Å². The monoisotopic (exact) mass is 250 g/mol. The minimum Gasteiger partial charge on any atom is -0.356 e. The van der Waals surface area contributed by atoms with Gasteiger partial charge >= 0.3 is 0 Å². The second-order valence-corrected chi connectivity index (χ2v) is 3.79. The summed E-state index contributed by atoms with van der Waals surface area (Å²) in [5.41, 5.74) is 2.17. The van der Waals surface area contributed by atoms with Gasteiger partial charge in [-0.15, -0.1) is 0 Å². The van der Waals surface area contributed by atoms with Gasteiger partial charge < -0.3 is 10.3 Å². The Morgan fingerprint density at radius 2 is 2.39 bits per heavy atom. The smallest absolute Gasteiger partial charge is 0.276 e. The minimum absolute atomic E-state index is 0.102. The molecule has 0 spiro atoms. The van der Waals surface area contributed by atoms with Crippen LogP contribution in [0.25, 0.3) is 0 Å². The molecule has 96 valence electrons. The lowest BCUT2D eigenvalue weighted by molar-refractivity contribution is -0.384. The number of hydrogen-bond acceptors (Lipinski definition) is 7. The van der Waals surface area contributed by atoms with Crippen LogP contribution in [0.2, 0.25) is 0 Å². The molecule has 0 saturated heterocycles. The average Bonchev–Trinajstić information content (AvgIpc) is 2.37. The van der Waals surface area contributed by atoms with E-state index in [2.05, 4.69) is 10.4 Å². The highest BCUT2D eigenvalue weighted by Crippen LogP contribution is 2.23. The molecule has 1 unspecified atom stereocenters. The molecular weight excluding hydrogens is 236 g/mol. The lowest BCUT2D eigenvalue weighted by atomic mass is 10.2. The maximum atomic E-state index is 10.8. The lowest BCUT2D eigenvalue weighted by Gasteiger charge is -2.24. The van der Waals surface area contributed by atoms with Crippen LogP contribution in [0.1, 0.15) is 13.3 Å². The van der Waals surface area contributed by atoms with E-state index in [0.717, 1.165) is 0 Å². The largest absolute Gasteiger partial charge is 0.356 e. The highest BCUT2D eigenvalue weighted by atomic mass is 16.6. The van der Waals surface area contributed by atoms with E-state index in [-0.39, 0.29) is 17.5 Å². The number of nitrogens with zero attached hydrogens (tertiary/aromatic N) is 4. The topological polar surface area (TPSA) is 121 Å². The summed E-state index contributed by atoms with van der Waals surface area (Å²) in [6.07, 6.45) is 0.298. The van der Waals surface area contributed by atoms with Crippen molar-refractivity contribution in [3.63, 3.8) is 0 Å². The Morgan fingerprint density at radius 1 is 1.72 bits per heavy atom. The minimum atomic E-state index is -0.519. The quantitative estimate of drug-likeness (QED) is 0.454. The van der Waals surface area contributed by atoms with Crippen molar-refractivity contribution < 1.29 is 4.92 Å². The molecule has 1 aromatic rings. The number of hydrazine groups is 1. The van der Waals surface area contributed by atoms with Crippen molar-refractivity contribution in [1.82, 2.24) is 4.98 Å². The van der Waals surface area contributed by atoms with Gasteiger partial charge in [0, 0.05) is 13.1 Å². The highest BCUT2D eigenvalue weighted by Gasteiger charge is 2.16. The molecule has 18 heavy (non-hydrogen) atoms. The number of nitrogens with two attached hydrogens (primary N) is 1. The molecule has 3 N–H and O–H groups in total. The predicted molar refractivity (Wildman–Crippen MR) is 66.8 cm³/mol. The fourth-order valence-electron chi connectivity index (χ4n) is 1.36. The van der Waals surface area contributed by atoms with Crippen molar-refractivity contribution in [3.05, 3.63) is 22.2 Å². The maximum Gasteiger partial charge on any atom is 0.276 e. The Hall–Kier alpha value is -2.40. The molecule has 1 rings (SSSR count). The van der Waals surface area contributed by atoms with Crippen LogP contribution in [0.15, 0.2) is 12.1 Å². The Bertz CT molecular complexity index is 484. The van der Waals surface area contributed by atoms with Gasteiger partial charge in [0.05, 0.1) is 29.5 Å². The first-order chi connectivity index (χ1) is 8.49. The number of nitro groups is 1. The second-order valence-electron chi connectivity index (χ2n) is 3.79. The standard InChI is InChI=1S/C10H14N6O2/c1-7(3-4-11)15(2)10-6-8(16(17)18)5-9(13-10)14-12/h5-7H,3,12H2,1-2H3,(H,13,14). The molecule has 1 aromatic heterocycles. The number of anilines is 2. The SMILES string of the molecule is CC(CC#N)N(C)c1cc([N+](=O)[O-])cc(NN)n1. The first-order valence-electron chi connectivity index (χ1n) is 5.22. The molecule has 8 nitrogen and oxygen atoms in total. The number of nitriles is 1. The molecule has 0 bridgehead atoms. The maximum absolute atomic E-state index is 10.8. The normalized spacial score (nSPS) is 11.4. The van der Waals surface area contributed by atoms with E-state index >= 15 is 0 Å². The van der Waals surface area contributed by atoms with E-state index in [9.17, 15) is 10.1 Å². The highest BCUT2D eigenvalue weighted by molar-refractivity contribution is 5.55. The number of hydrogen-bond donors (Lipinski definition) is 2. The van der Waals surface area contributed by atoms with Gasteiger partial charge in [-0.05, 0) is 6.92 Å². The zero-order valence-corrected chi connectivity index (χ0v) is 10.1. The molecule has 0 aliphatic rings. The second kappa shape index (κ2) is 5.79. The lowest BCUT2D eigenvalue weighted by Crippen LogP contribution is -2.29. The van der Waals surface area contributed by atoms with E-state index < -0.39 is 4.92 Å². The van der Waals surface area contributed by atoms with Crippen LogP contribution in [-0.2, 0) is 0 Å². The number of nitrogens with one attached hydrogen (secondary N) is 1. The molecule has 0 aliphatic heterocycles. The van der Waals surface area contributed by atoms with Crippen LogP contribution < -0.4 is 16.2 Å². The Labute approximate surface area is 104 Å². The van der Waals surface area contributed by atoms with E-state index in [4.69, 9.17) is 11.1 Å². The molecule has 1 heterocycles. The van der Waals surface area contributed by atoms with Gasteiger partial charge in [0.1, 0.15) is 11.6 Å². The molecule has 0 radical (unpaired) electrons. The zero-order chi connectivity index (χ0) is 13.7. The first-order valence-corrected chi connectivity index (χ1v) is 5.22. The van der Waals surface area contributed by atoms with E-state index in [0.29, 0.717) is 12.2 Å². The molecule has 0 fully saturated rings. The predicted octanol–water partition coefficient (Wildman–Crippen LogP) is 1.01. The van der Waals surface area contributed by atoms with Crippen LogP contribution in [0.4, 0.5) is 17.3 Å². The van der Waals surface area contributed by atoms with Crippen LogP contribution >= 0.6 is 0 Å². The molecule has 0 aliphatic carbocycles. The van der Waals surface area contributed by atoms with Crippen molar-refractivity contribution in [2.24, 2.45) is 5.84 Å². The summed E-state index contributed by atoms with van der Waals surface area (Å²) >= 11 is 0. The number of pyridine rings is 1. The Morgan fingerprint density at radius 3 is 2.89 bits per heavy atom. The van der Waals surface area contributed by atoms with Gasteiger partial charge in [0.25, 0.3) is 5.69 Å². The summed E-state index contributed by atoms with van der Waals surface area (Å²) in [6, 6.07) is 4.52.